The Balaban J connectivity index is 1.42. The highest BCUT2D eigenvalue weighted by Crippen LogP contribution is 2.52. The van der Waals surface area contributed by atoms with Crippen LogP contribution in [-0.4, -0.2) is 40.5 Å². The number of benzene rings is 2. The predicted octanol–water partition coefficient (Wildman–Crippen LogP) is 4.13. The number of nitrogens with zero attached hydrogens (tertiary/aromatic N) is 3. The Labute approximate surface area is 223 Å². The van der Waals surface area contributed by atoms with Crippen LogP contribution >= 0.6 is 0 Å². The van der Waals surface area contributed by atoms with Crippen molar-refractivity contribution in [2.24, 2.45) is 22.6 Å². The number of carbonyl (C=O) groups excluding carboxylic acids is 2. The molecular weight excluding hydrogens is 511 g/mol. The standard InChI is InChI=1S/C28H28F3N5O3/c1-27(2)13-23(37)36(26(33)35-27)24(16-7-5-6-15(10-16)14-32)18-11-19(18)25(38)34-20-12-22(28(29,30)31)39-21-9-4-3-8-17(20)21/h3-10,18-20,22,24H,11-13H2,1-2H3,(H2,33,35)(H,34,38). The number of aliphatic imine (C=N–C) groups is 1. The van der Waals surface area contributed by atoms with Crippen molar-refractivity contribution < 1.29 is 27.5 Å². The van der Waals surface area contributed by atoms with Gasteiger partial charge in [-0.25, -0.2) is 4.99 Å². The third kappa shape index (κ3) is 5.28. The van der Waals surface area contributed by atoms with Crippen LogP contribution in [0.4, 0.5) is 13.2 Å². The smallest absolute Gasteiger partial charge is 0.425 e. The van der Waals surface area contributed by atoms with Gasteiger partial charge in [-0.15, -0.1) is 0 Å². The van der Waals surface area contributed by atoms with Gasteiger partial charge in [-0.1, -0.05) is 30.3 Å². The van der Waals surface area contributed by atoms with E-state index in [1.807, 2.05) is 0 Å². The first-order chi connectivity index (χ1) is 18.4. The molecule has 1 saturated carbocycles. The Morgan fingerprint density at radius 1 is 1.23 bits per heavy atom. The number of guanidine groups is 1. The molecular formula is C28H28F3N5O3. The summed E-state index contributed by atoms with van der Waals surface area (Å²) in [6, 6.07) is 13.6. The molecule has 2 aromatic rings. The van der Waals surface area contributed by atoms with Crippen LogP contribution in [0.15, 0.2) is 53.5 Å². The third-order valence-corrected chi connectivity index (χ3v) is 7.43. The maximum absolute atomic E-state index is 13.5. The van der Waals surface area contributed by atoms with Gasteiger partial charge in [-0.05, 0) is 49.9 Å². The zero-order valence-electron chi connectivity index (χ0n) is 21.4. The molecule has 3 N–H and O–H groups in total. The maximum atomic E-state index is 13.5. The number of carbonyl (C=O) groups is 2. The summed E-state index contributed by atoms with van der Waals surface area (Å²) in [5.41, 5.74) is 7.09. The van der Waals surface area contributed by atoms with Gasteiger partial charge in [0.2, 0.25) is 11.8 Å². The fourth-order valence-electron chi connectivity index (χ4n) is 5.56. The van der Waals surface area contributed by atoms with E-state index in [0.717, 1.165) is 0 Å². The van der Waals surface area contributed by atoms with E-state index in [0.29, 0.717) is 23.1 Å². The summed E-state index contributed by atoms with van der Waals surface area (Å²) in [7, 11) is 0. The first-order valence-electron chi connectivity index (χ1n) is 12.7. The Morgan fingerprint density at radius 2 is 1.97 bits per heavy atom. The maximum Gasteiger partial charge on any atom is 0.425 e. The van der Waals surface area contributed by atoms with Crippen molar-refractivity contribution >= 4 is 17.8 Å². The number of para-hydroxylation sites is 1. The van der Waals surface area contributed by atoms with Crippen molar-refractivity contribution in [1.29, 1.82) is 5.26 Å². The van der Waals surface area contributed by atoms with E-state index in [-0.39, 0.29) is 30.0 Å². The number of ether oxygens (including phenoxy) is 1. The van der Waals surface area contributed by atoms with Gasteiger partial charge in [0, 0.05) is 17.9 Å². The molecule has 1 aliphatic carbocycles. The highest BCUT2D eigenvalue weighted by Gasteiger charge is 2.54. The minimum Gasteiger partial charge on any atom is -0.480 e. The molecule has 2 heterocycles. The van der Waals surface area contributed by atoms with Crippen LogP contribution in [0.2, 0.25) is 0 Å². The Morgan fingerprint density at radius 3 is 2.67 bits per heavy atom. The first-order valence-corrected chi connectivity index (χ1v) is 12.7. The highest BCUT2D eigenvalue weighted by molar-refractivity contribution is 5.99. The monoisotopic (exact) mass is 539 g/mol. The van der Waals surface area contributed by atoms with Crippen molar-refractivity contribution in [2.75, 3.05) is 0 Å². The third-order valence-electron chi connectivity index (χ3n) is 7.43. The summed E-state index contributed by atoms with van der Waals surface area (Å²) in [6.45, 7) is 3.60. The predicted molar refractivity (Wildman–Crippen MR) is 135 cm³/mol. The lowest BCUT2D eigenvalue weighted by molar-refractivity contribution is -0.201. The second-order valence-electron chi connectivity index (χ2n) is 10.9. The quantitative estimate of drug-likeness (QED) is 0.592. The molecule has 39 heavy (non-hydrogen) atoms. The van der Waals surface area contributed by atoms with E-state index in [9.17, 15) is 28.0 Å². The average molecular weight is 540 g/mol. The SMILES string of the molecule is CC1(C)CC(=O)N(C(c2cccc(C#N)c2)C2CC2C(=O)NC2CC(C(F)(F)F)Oc3ccccc32)C(N)=N1. The van der Waals surface area contributed by atoms with Crippen LogP contribution < -0.4 is 15.8 Å². The molecule has 3 aliphatic rings. The van der Waals surface area contributed by atoms with Crippen LogP contribution in [-0.2, 0) is 9.59 Å². The fraction of sp³-hybridized carbons (Fsp3) is 0.429. The number of nitrogens with two attached hydrogens (primary N) is 1. The molecule has 5 rings (SSSR count). The molecule has 2 amide bonds. The van der Waals surface area contributed by atoms with E-state index in [4.69, 9.17) is 10.5 Å². The molecule has 0 spiro atoms. The van der Waals surface area contributed by atoms with Gasteiger partial charge >= 0.3 is 6.18 Å². The topological polar surface area (TPSA) is 121 Å². The second-order valence-corrected chi connectivity index (χ2v) is 10.9. The largest absolute Gasteiger partial charge is 0.480 e. The van der Waals surface area contributed by atoms with Crippen molar-refractivity contribution in [3.63, 3.8) is 0 Å². The summed E-state index contributed by atoms with van der Waals surface area (Å²) >= 11 is 0. The molecule has 0 radical (unpaired) electrons. The highest BCUT2D eigenvalue weighted by atomic mass is 19.4. The molecule has 0 saturated heterocycles. The second kappa shape index (κ2) is 9.59. The summed E-state index contributed by atoms with van der Waals surface area (Å²) in [5.74, 6) is -1.50. The number of amides is 2. The molecule has 2 aliphatic heterocycles. The average Bonchev–Trinajstić information content (AvgIpc) is 3.65. The molecule has 0 aromatic heterocycles. The Bertz CT molecular complexity index is 1380. The number of nitriles is 1. The number of halogens is 3. The molecule has 5 atom stereocenters. The van der Waals surface area contributed by atoms with Gasteiger partial charge in [-0.3, -0.25) is 14.5 Å². The molecule has 5 unspecified atom stereocenters. The van der Waals surface area contributed by atoms with Crippen molar-refractivity contribution in [1.82, 2.24) is 10.2 Å². The lowest BCUT2D eigenvalue weighted by Gasteiger charge is -2.38. The van der Waals surface area contributed by atoms with Gasteiger partial charge in [0.25, 0.3) is 0 Å². The van der Waals surface area contributed by atoms with Crippen molar-refractivity contribution in [3.05, 3.63) is 65.2 Å². The number of rotatable bonds is 5. The molecule has 0 bridgehead atoms. The van der Waals surface area contributed by atoms with Gasteiger partial charge in [0.1, 0.15) is 5.75 Å². The molecule has 1 fully saturated rings. The number of hydrogen-bond acceptors (Lipinski definition) is 6. The minimum absolute atomic E-state index is 0.0287. The van der Waals surface area contributed by atoms with Crippen LogP contribution in [0.5, 0.6) is 5.75 Å². The number of hydrogen-bond donors (Lipinski definition) is 2. The molecule has 2 aromatic carbocycles. The lowest BCUT2D eigenvalue weighted by Crippen LogP contribution is -2.52. The van der Waals surface area contributed by atoms with Crippen LogP contribution in [0.25, 0.3) is 0 Å². The van der Waals surface area contributed by atoms with E-state index in [1.54, 1.807) is 56.3 Å². The number of alkyl halides is 3. The van der Waals surface area contributed by atoms with Crippen molar-refractivity contribution in [2.45, 2.75) is 63.0 Å². The van der Waals surface area contributed by atoms with Gasteiger partial charge < -0.3 is 15.8 Å². The van der Waals surface area contributed by atoms with E-state index < -0.39 is 48.1 Å². The Kier molecular flexibility index (Phi) is 6.53. The Hall–Kier alpha value is -4.07. The zero-order chi connectivity index (χ0) is 28.1. The van der Waals surface area contributed by atoms with Crippen LogP contribution in [0.3, 0.4) is 0 Å². The van der Waals surface area contributed by atoms with Crippen LogP contribution in [0, 0.1) is 23.2 Å². The summed E-state index contributed by atoms with van der Waals surface area (Å²) in [6.07, 6.45) is -6.57. The summed E-state index contributed by atoms with van der Waals surface area (Å²) in [5, 5.41) is 12.2. The number of nitrogens with one attached hydrogen (secondary N) is 1. The molecule has 204 valence electrons. The zero-order valence-corrected chi connectivity index (χ0v) is 21.4. The van der Waals surface area contributed by atoms with Crippen LogP contribution in [0.1, 0.15) is 61.9 Å². The summed E-state index contributed by atoms with van der Waals surface area (Å²) in [4.78, 5) is 32.5. The van der Waals surface area contributed by atoms with Gasteiger partial charge in [0.15, 0.2) is 12.1 Å². The van der Waals surface area contributed by atoms with Gasteiger partial charge in [0.05, 0.1) is 35.7 Å². The number of fused-ring (bicyclic) bond motifs is 1. The summed E-state index contributed by atoms with van der Waals surface area (Å²) < 4.78 is 45.8. The molecule has 8 nitrogen and oxygen atoms in total. The van der Waals surface area contributed by atoms with E-state index in [1.165, 1.54) is 11.0 Å². The lowest BCUT2D eigenvalue weighted by atomic mass is 9.93. The normalized spacial score (nSPS) is 26.4. The van der Waals surface area contributed by atoms with Crippen molar-refractivity contribution in [3.8, 4) is 11.8 Å². The fourth-order valence-corrected chi connectivity index (χ4v) is 5.56. The first kappa shape index (κ1) is 26.5. The van der Waals surface area contributed by atoms with E-state index >= 15 is 0 Å². The van der Waals surface area contributed by atoms with Gasteiger partial charge in [-0.2, -0.15) is 18.4 Å². The molecule has 11 heteroatoms. The van der Waals surface area contributed by atoms with E-state index in [2.05, 4.69) is 16.4 Å². The minimum atomic E-state index is -4.59.